The van der Waals surface area contributed by atoms with Crippen molar-refractivity contribution < 1.29 is 9.59 Å². The lowest BCUT2D eigenvalue weighted by Crippen LogP contribution is -2.40. The number of aromatic nitrogens is 4. The van der Waals surface area contributed by atoms with E-state index in [2.05, 4.69) is 20.6 Å². The van der Waals surface area contributed by atoms with Crippen LogP contribution in [-0.2, 0) is 13.0 Å². The van der Waals surface area contributed by atoms with Crippen LogP contribution in [0.4, 0.5) is 0 Å². The topological polar surface area (TPSA) is 93.0 Å². The number of carbonyl (C=O) groups excluding carboxylic acids is 2. The molecular weight excluding hydrogens is 356 g/mol. The summed E-state index contributed by atoms with van der Waals surface area (Å²) in [6, 6.07) is 15.1. The van der Waals surface area contributed by atoms with Gasteiger partial charge < -0.3 is 10.2 Å². The zero-order chi connectivity index (χ0) is 19.5. The van der Waals surface area contributed by atoms with Gasteiger partial charge in [0.25, 0.3) is 11.8 Å². The summed E-state index contributed by atoms with van der Waals surface area (Å²) in [6.07, 6.45) is 2.34. The molecule has 2 aromatic heterocycles. The predicted molar refractivity (Wildman–Crippen MR) is 102 cm³/mol. The summed E-state index contributed by atoms with van der Waals surface area (Å²) in [7, 11) is 1.69. The first-order valence-corrected chi connectivity index (χ1v) is 9.08. The Morgan fingerprint density at radius 3 is 2.75 bits per heavy atom. The Bertz CT molecular complexity index is 986. The molecule has 1 atom stereocenters. The number of amides is 2. The molecule has 8 heteroatoms. The summed E-state index contributed by atoms with van der Waals surface area (Å²) < 4.78 is 1.51. The minimum atomic E-state index is -0.341. The number of nitrogens with one attached hydrogen (secondary N) is 1. The fourth-order valence-corrected chi connectivity index (χ4v) is 3.24. The number of benzene rings is 1. The first-order valence-electron chi connectivity index (χ1n) is 9.08. The van der Waals surface area contributed by atoms with Gasteiger partial charge >= 0.3 is 0 Å². The van der Waals surface area contributed by atoms with Crippen molar-refractivity contribution in [3.8, 4) is 0 Å². The van der Waals surface area contributed by atoms with E-state index in [1.54, 1.807) is 13.2 Å². The lowest BCUT2D eigenvalue weighted by molar-refractivity contribution is 0.0777. The van der Waals surface area contributed by atoms with E-state index >= 15 is 0 Å². The van der Waals surface area contributed by atoms with E-state index in [0.29, 0.717) is 19.5 Å². The lowest BCUT2D eigenvalue weighted by Gasteiger charge is -2.25. The number of rotatable bonds is 5. The first-order chi connectivity index (χ1) is 13.6. The zero-order valence-electron chi connectivity index (χ0n) is 15.4. The fraction of sp³-hybridized carbons (Fsp3) is 0.250. The van der Waals surface area contributed by atoms with E-state index < -0.39 is 0 Å². The average molecular weight is 376 g/mol. The highest BCUT2D eigenvalue weighted by atomic mass is 16.2. The second-order valence-electron chi connectivity index (χ2n) is 6.70. The molecule has 0 saturated heterocycles. The highest BCUT2D eigenvalue weighted by Crippen LogP contribution is 2.22. The molecule has 0 saturated carbocycles. The maximum atomic E-state index is 12.8. The van der Waals surface area contributed by atoms with Crippen molar-refractivity contribution in [2.45, 2.75) is 19.0 Å². The number of fused-ring (bicyclic) bond motifs is 1. The Kier molecular flexibility index (Phi) is 4.84. The largest absolute Gasteiger partial charge is 0.342 e. The average Bonchev–Trinajstić information content (AvgIpc) is 3.17. The summed E-state index contributed by atoms with van der Waals surface area (Å²) in [5, 5.41) is 11.0. The monoisotopic (exact) mass is 376 g/mol. The predicted octanol–water partition coefficient (Wildman–Crippen LogP) is 1.47. The summed E-state index contributed by atoms with van der Waals surface area (Å²) in [5.41, 5.74) is 2.17. The highest BCUT2D eigenvalue weighted by Gasteiger charge is 2.33. The lowest BCUT2D eigenvalue weighted by atomic mass is 10.0. The van der Waals surface area contributed by atoms with Gasteiger partial charge in [-0.15, -0.1) is 5.10 Å². The van der Waals surface area contributed by atoms with Crippen LogP contribution in [0.25, 0.3) is 0 Å². The fourth-order valence-electron chi connectivity index (χ4n) is 3.24. The quantitative estimate of drug-likeness (QED) is 0.728. The maximum absolute atomic E-state index is 12.8. The van der Waals surface area contributed by atoms with Gasteiger partial charge in [-0.2, -0.15) is 0 Å². The molecule has 8 nitrogen and oxygen atoms in total. The van der Waals surface area contributed by atoms with E-state index in [1.165, 1.54) is 9.58 Å². The molecule has 0 bridgehead atoms. The van der Waals surface area contributed by atoms with E-state index in [4.69, 9.17) is 0 Å². The molecule has 4 rings (SSSR count). The van der Waals surface area contributed by atoms with E-state index in [0.717, 1.165) is 11.3 Å². The molecule has 1 N–H and O–H groups in total. The molecule has 3 heterocycles. The van der Waals surface area contributed by atoms with Crippen LogP contribution >= 0.6 is 0 Å². The third-order valence-electron chi connectivity index (χ3n) is 4.79. The molecule has 0 radical (unpaired) electrons. The van der Waals surface area contributed by atoms with Crippen LogP contribution in [0.5, 0.6) is 0 Å². The zero-order valence-corrected chi connectivity index (χ0v) is 15.4. The molecular formula is C20H20N6O2. The van der Waals surface area contributed by atoms with Crippen molar-refractivity contribution in [1.29, 1.82) is 0 Å². The Morgan fingerprint density at radius 2 is 2.00 bits per heavy atom. The Labute approximate surface area is 162 Å². The number of likely N-dealkylation sites (N-methyl/N-ethyl adjacent to an activating group) is 1. The maximum Gasteiger partial charge on any atom is 0.276 e. The smallest absolute Gasteiger partial charge is 0.276 e. The Balaban J connectivity index is 1.49. The summed E-state index contributed by atoms with van der Waals surface area (Å²) in [5.74, 6) is -0.669. The molecule has 1 aliphatic rings. The third-order valence-corrected chi connectivity index (χ3v) is 4.79. The van der Waals surface area contributed by atoms with Crippen molar-refractivity contribution in [3.05, 3.63) is 77.4 Å². The van der Waals surface area contributed by atoms with Gasteiger partial charge in [0.1, 0.15) is 0 Å². The molecule has 1 aromatic carbocycles. The molecule has 2 amide bonds. The van der Waals surface area contributed by atoms with Crippen LogP contribution in [0, 0.1) is 0 Å². The minimum Gasteiger partial charge on any atom is -0.342 e. The van der Waals surface area contributed by atoms with E-state index in [9.17, 15) is 9.59 Å². The summed E-state index contributed by atoms with van der Waals surface area (Å²) in [6.45, 7) is 0.902. The van der Waals surface area contributed by atoms with E-state index in [-0.39, 0.29) is 29.2 Å². The van der Waals surface area contributed by atoms with Crippen molar-refractivity contribution >= 4 is 11.8 Å². The van der Waals surface area contributed by atoms with Gasteiger partial charge in [-0.1, -0.05) is 41.6 Å². The van der Waals surface area contributed by atoms with Crippen molar-refractivity contribution in [2.24, 2.45) is 0 Å². The second-order valence-corrected chi connectivity index (χ2v) is 6.70. The second kappa shape index (κ2) is 7.59. The Hall–Kier alpha value is -3.55. The first kappa shape index (κ1) is 17.8. The molecule has 28 heavy (non-hydrogen) atoms. The number of nitrogens with zero attached hydrogens (tertiary/aromatic N) is 5. The van der Waals surface area contributed by atoms with Crippen LogP contribution in [0.3, 0.4) is 0 Å². The van der Waals surface area contributed by atoms with Gasteiger partial charge in [0, 0.05) is 31.9 Å². The summed E-state index contributed by atoms with van der Waals surface area (Å²) in [4.78, 5) is 31.3. The number of hydrogen-bond acceptors (Lipinski definition) is 5. The van der Waals surface area contributed by atoms with Crippen LogP contribution < -0.4 is 5.32 Å². The van der Waals surface area contributed by atoms with Gasteiger partial charge in [0.05, 0.1) is 12.6 Å². The molecule has 0 aliphatic carbocycles. The van der Waals surface area contributed by atoms with Crippen LogP contribution in [0.2, 0.25) is 0 Å². The van der Waals surface area contributed by atoms with Crippen molar-refractivity contribution in [3.63, 3.8) is 0 Å². The van der Waals surface area contributed by atoms with Gasteiger partial charge in [-0.05, 0) is 17.7 Å². The Morgan fingerprint density at radius 1 is 1.21 bits per heavy atom. The minimum absolute atomic E-state index is 0.0764. The number of hydrogen-bond donors (Lipinski definition) is 1. The van der Waals surface area contributed by atoms with Crippen LogP contribution in [-0.4, -0.2) is 50.3 Å². The molecule has 1 aliphatic heterocycles. The molecule has 0 spiro atoms. The molecule has 3 aromatic rings. The third kappa shape index (κ3) is 3.48. The van der Waals surface area contributed by atoms with Crippen LogP contribution in [0.15, 0.2) is 54.7 Å². The van der Waals surface area contributed by atoms with Gasteiger partial charge in [0.2, 0.25) is 0 Å². The van der Waals surface area contributed by atoms with Gasteiger partial charge in [-0.25, -0.2) is 4.68 Å². The van der Waals surface area contributed by atoms with Crippen LogP contribution in [0.1, 0.15) is 38.3 Å². The SMILES string of the molecule is CN(CCc1ccccn1)C(=O)c1nnn2c1C(=O)NC(c1ccccc1)C2. The highest BCUT2D eigenvalue weighted by molar-refractivity contribution is 6.05. The van der Waals surface area contributed by atoms with Crippen molar-refractivity contribution in [2.75, 3.05) is 13.6 Å². The van der Waals surface area contributed by atoms with E-state index in [1.807, 2.05) is 48.5 Å². The summed E-state index contributed by atoms with van der Waals surface area (Å²) >= 11 is 0. The number of pyridine rings is 1. The number of carbonyl (C=O) groups is 2. The molecule has 142 valence electrons. The normalized spacial score (nSPS) is 15.6. The van der Waals surface area contributed by atoms with Crippen molar-refractivity contribution in [1.82, 2.24) is 30.2 Å². The van der Waals surface area contributed by atoms with Gasteiger partial charge in [0.15, 0.2) is 11.4 Å². The standard InChI is InChI=1S/C20H20N6O2/c1-25(12-10-15-9-5-6-11-21-15)20(28)17-18-19(27)22-16(13-26(18)24-23-17)14-7-3-2-4-8-14/h2-9,11,16H,10,12-13H2,1H3,(H,22,27). The molecule has 0 fully saturated rings. The molecule has 1 unspecified atom stereocenters. The van der Waals surface area contributed by atoms with Gasteiger partial charge in [-0.3, -0.25) is 14.6 Å².